The van der Waals surface area contributed by atoms with Gasteiger partial charge in [0.15, 0.2) is 0 Å². The predicted molar refractivity (Wildman–Crippen MR) is 77.6 cm³/mol. The van der Waals surface area contributed by atoms with Gasteiger partial charge in [-0.25, -0.2) is 0 Å². The third-order valence-corrected chi connectivity index (χ3v) is 4.55. The van der Waals surface area contributed by atoms with Gasteiger partial charge in [0.2, 0.25) is 0 Å². The molecule has 0 radical (unpaired) electrons. The van der Waals surface area contributed by atoms with Gasteiger partial charge >= 0.3 is 0 Å². The number of methoxy groups -OCH3 is 1. The molecular formula is C15H32N2O. The van der Waals surface area contributed by atoms with Crippen LogP contribution < -0.4 is 5.73 Å². The lowest BCUT2D eigenvalue weighted by Crippen LogP contribution is -2.50. The van der Waals surface area contributed by atoms with Crippen molar-refractivity contribution in [2.24, 2.45) is 23.0 Å². The molecule has 0 spiro atoms. The number of nitrogens with zero attached hydrogens (tertiary/aromatic N) is 1. The van der Waals surface area contributed by atoms with E-state index in [1.165, 1.54) is 25.9 Å². The zero-order valence-corrected chi connectivity index (χ0v) is 12.9. The monoisotopic (exact) mass is 256 g/mol. The van der Waals surface area contributed by atoms with Crippen molar-refractivity contribution in [3.8, 4) is 0 Å². The predicted octanol–water partition coefficient (Wildman–Crippen LogP) is 2.35. The van der Waals surface area contributed by atoms with Crippen molar-refractivity contribution < 1.29 is 4.74 Å². The molecule has 0 aromatic rings. The average Bonchev–Trinajstić information content (AvgIpc) is 2.30. The molecule has 0 aromatic carbocycles. The molecule has 1 rings (SSSR count). The van der Waals surface area contributed by atoms with Crippen LogP contribution in [0.3, 0.4) is 0 Å². The first-order valence-corrected chi connectivity index (χ1v) is 7.33. The van der Waals surface area contributed by atoms with Gasteiger partial charge in [0.1, 0.15) is 0 Å². The third kappa shape index (κ3) is 4.22. The van der Waals surface area contributed by atoms with Crippen LogP contribution in [0.4, 0.5) is 0 Å². The molecule has 108 valence electrons. The maximum atomic E-state index is 5.96. The zero-order chi connectivity index (χ0) is 13.8. The van der Waals surface area contributed by atoms with Crippen LogP contribution in [0.2, 0.25) is 0 Å². The van der Waals surface area contributed by atoms with E-state index in [0.717, 1.165) is 19.1 Å². The maximum absolute atomic E-state index is 5.96. The van der Waals surface area contributed by atoms with E-state index in [-0.39, 0.29) is 0 Å². The highest BCUT2D eigenvalue weighted by Gasteiger charge is 2.32. The van der Waals surface area contributed by atoms with Crippen molar-refractivity contribution in [3.63, 3.8) is 0 Å². The van der Waals surface area contributed by atoms with Crippen molar-refractivity contribution in [1.82, 2.24) is 4.90 Å². The Kier molecular flexibility index (Phi) is 6.09. The molecule has 0 amide bonds. The molecule has 2 N–H and O–H groups in total. The fraction of sp³-hybridized carbons (Fsp3) is 1.00. The topological polar surface area (TPSA) is 38.5 Å². The summed E-state index contributed by atoms with van der Waals surface area (Å²) >= 11 is 0. The van der Waals surface area contributed by atoms with Gasteiger partial charge in [-0.1, -0.05) is 27.7 Å². The van der Waals surface area contributed by atoms with Gasteiger partial charge in [0, 0.05) is 19.7 Å². The van der Waals surface area contributed by atoms with Gasteiger partial charge in [0.25, 0.3) is 0 Å². The Morgan fingerprint density at radius 1 is 1.28 bits per heavy atom. The summed E-state index contributed by atoms with van der Waals surface area (Å²) in [5, 5.41) is 0. The first-order chi connectivity index (χ1) is 8.40. The van der Waals surface area contributed by atoms with Crippen LogP contribution in [-0.2, 0) is 4.74 Å². The number of ether oxygens (including phenoxy) is 1. The molecule has 0 aliphatic carbocycles. The molecule has 2 atom stereocenters. The van der Waals surface area contributed by atoms with Crippen LogP contribution in [0.1, 0.15) is 40.5 Å². The molecular weight excluding hydrogens is 224 g/mol. The highest BCUT2D eigenvalue weighted by Crippen LogP contribution is 2.35. The molecule has 18 heavy (non-hydrogen) atoms. The third-order valence-electron chi connectivity index (χ3n) is 4.55. The summed E-state index contributed by atoms with van der Waals surface area (Å²) in [4.78, 5) is 2.58. The number of hydrogen-bond acceptors (Lipinski definition) is 3. The van der Waals surface area contributed by atoms with E-state index in [1.54, 1.807) is 7.11 Å². The van der Waals surface area contributed by atoms with Crippen molar-refractivity contribution in [1.29, 1.82) is 0 Å². The van der Waals surface area contributed by atoms with Crippen LogP contribution >= 0.6 is 0 Å². The summed E-state index contributed by atoms with van der Waals surface area (Å²) in [7, 11) is 1.77. The van der Waals surface area contributed by atoms with E-state index in [0.29, 0.717) is 17.4 Å². The molecule has 2 unspecified atom stereocenters. The molecule has 1 heterocycles. The van der Waals surface area contributed by atoms with Crippen LogP contribution in [0.5, 0.6) is 0 Å². The minimum absolute atomic E-state index is 0.447. The van der Waals surface area contributed by atoms with Crippen molar-refractivity contribution in [3.05, 3.63) is 0 Å². The fourth-order valence-electron chi connectivity index (χ4n) is 3.21. The minimum Gasteiger partial charge on any atom is -0.384 e. The van der Waals surface area contributed by atoms with Gasteiger partial charge in [-0.05, 0) is 43.2 Å². The average molecular weight is 256 g/mol. The van der Waals surface area contributed by atoms with E-state index >= 15 is 0 Å². The van der Waals surface area contributed by atoms with Gasteiger partial charge < -0.3 is 10.5 Å². The zero-order valence-electron chi connectivity index (χ0n) is 12.9. The largest absolute Gasteiger partial charge is 0.384 e. The molecule has 1 fully saturated rings. The Bertz CT molecular complexity index is 229. The molecule has 1 aliphatic heterocycles. The fourth-order valence-corrected chi connectivity index (χ4v) is 3.21. The van der Waals surface area contributed by atoms with E-state index in [2.05, 4.69) is 32.6 Å². The van der Waals surface area contributed by atoms with E-state index in [4.69, 9.17) is 10.5 Å². The summed E-state index contributed by atoms with van der Waals surface area (Å²) < 4.78 is 5.27. The SMILES string of the molecule is COCC(C)C(CN)N1CCC(C(C)(C)C)CC1. The minimum atomic E-state index is 0.447. The Hall–Kier alpha value is -0.120. The quantitative estimate of drug-likeness (QED) is 0.820. The number of nitrogens with two attached hydrogens (primary N) is 1. The second-order valence-electron chi connectivity index (χ2n) is 6.91. The summed E-state index contributed by atoms with van der Waals surface area (Å²) in [5.74, 6) is 1.37. The van der Waals surface area contributed by atoms with Crippen molar-refractivity contribution in [2.45, 2.75) is 46.6 Å². The first kappa shape index (κ1) is 15.9. The summed E-state index contributed by atoms with van der Waals surface area (Å²) in [6.45, 7) is 13.3. The molecule has 1 saturated heterocycles. The number of hydrogen-bond donors (Lipinski definition) is 1. The lowest BCUT2D eigenvalue weighted by Gasteiger charge is -2.43. The Labute approximate surface area is 113 Å². The lowest BCUT2D eigenvalue weighted by atomic mass is 9.75. The first-order valence-electron chi connectivity index (χ1n) is 7.33. The summed E-state index contributed by atoms with van der Waals surface area (Å²) in [6, 6.07) is 0.478. The van der Waals surface area contributed by atoms with Crippen molar-refractivity contribution in [2.75, 3.05) is 33.4 Å². The van der Waals surface area contributed by atoms with E-state index in [1.807, 2.05) is 0 Å². The summed E-state index contributed by atoms with van der Waals surface area (Å²) in [5.41, 5.74) is 6.40. The molecule has 0 saturated carbocycles. The normalized spacial score (nSPS) is 23.0. The van der Waals surface area contributed by atoms with Crippen LogP contribution in [-0.4, -0.2) is 44.3 Å². The Morgan fingerprint density at radius 2 is 1.83 bits per heavy atom. The number of likely N-dealkylation sites (tertiary alicyclic amines) is 1. The van der Waals surface area contributed by atoms with Gasteiger partial charge in [-0.15, -0.1) is 0 Å². The highest BCUT2D eigenvalue weighted by atomic mass is 16.5. The number of piperidine rings is 1. The van der Waals surface area contributed by atoms with Crippen LogP contribution in [0, 0.1) is 17.3 Å². The smallest absolute Gasteiger partial charge is 0.0503 e. The second-order valence-corrected chi connectivity index (χ2v) is 6.91. The Balaban J connectivity index is 2.50. The Morgan fingerprint density at radius 3 is 2.22 bits per heavy atom. The van der Waals surface area contributed by atoms with Gasteiger partial charge in [-0.3, -0.25) is 4.90 Å². The van der Waals surface area contributed by atoms with Crippen LogP contribution in [0.15, 0.2) is 0 Å². The number of rotatable bonds is 5. The van der Waals surface area contributed by atoms with Gasteiger partial charge in [0.05, 0.1) is 6.61 Å². The van der Waals surface area contributed by atoms with Crippen LogP contribution in [0.25, 0.3) is 0 Å². The molecule has 3 heteroatoms. The molecule has 0 aromatic heterocycles. The van der Waals surface area contributed by atoms with Gasteiger partial charge in [-0.2, -0.15) is 0 Å². The lowest BCUT2D eigenvalue weighted by molar-refractivity contribution is 0.0426. The van der Waals surface area contributed by atoms with Crippen molar-refractivity contribution >= 4 is 0 Å². The standard InChI is InChI=1S/C15H32N2O/c1-12(11-18-5)14(10-16)17-8-6-13(7-9-17)15(2,3)4/h12-14H,6-11,16H2,1-5H3. The second kappa shape index (κ2) is 6.88. The highest BCUT2D eigenvalue weighted by molar-refractivity contribution is 4.85. The summed E-state index contributed by atoms with van der Waals surface area (Å²) in [6.07, 6.45) is 2.61. The molecule has 1 aliphatic rings. The molecule has 0 bridgehead atoms. The van der Waals surface area contributed by atoms with E-state index in [9.17, 15) is 0 Å². The van der Waals surface area contributed by atoms with E-state index < -0.39 is 0 Å². The maximum Gasteiger partial charge on any atom is 0.0503 e. The molecule has 3 nitrogen and oxygen atoms in total.